The molecule has 0 saturated carbocycles. The Kier molecular flexibility index (Phi) is 4.63. The van der Waals surface area contributed by atoms with Gasteiger partial charge in [0.1, 0.15) is 0 Å². The molecule has 1 aliphatic heterocycles. The van der Waals surface area contributed by atoms with Crippen LogP contribution in [0, 0.1) is 0 Å². The summed E-state index contributed by atoms with van der Waals surface area (Å²) in [5.41, 5.74) is 1.93. The highest BCUT2D eigenvalue weighted by molar-refractivity contribution is 7.92. The van der Waals surface area contributed by atoms with Crippen LogP contribution in [0.25, 0.3) is 11.1 Å². The van der Waals surface area contributed by atoms with E-state index in [1.807, 2.05) is 0 Å². The number of sulfonamides is 1. The van der Waals surface area contributed by atoms with E-state index in [1.165, 1.54) is 6.07 Å². The van der Waals surface area contributed by atoms with Crippen LogP contribution in [-0.2, 0) is 19.9 Å². The van der Waals surface area contributed by atoms with Crippen molar-refractivity contribution in [1.82, 2.24) is 0 Å². The van der Waals surface area contributed by atoms with Crippen LogP contribution in [0.4, 0.5) is 5.69 Å². The van der Waals surface area contributed by atoms with E-state index in [9.17, 15) is 16.8 Å². The highest BCUT2D eigenvalue weighted by Gasteiger charge is 2.23. The van der Waals surface area contributed by atoms with E-state index in [4.69, 9.17) is 0 Å². The fraction of sp³-hybridized carbons (Fsp3) is 0.188. The number of anilines is 1. The van der Waals surface area contributed by atoms with E-state index >= 15 is 0 Å². The van der Waals surface area contributed by atoms with E-state index in [1.54, 1.807) is 36.4 Å². The number of nitrogens with one attached hydrogen (secondary N) is 1. The number of nitrogens with zero attached hydrogens (tertiary/aromatic N) is 3. The van der Waals surface area contributed by atoms with Crippen molar-refractivity contribution < 1.29 is 16.8 Å². The number of hydrogen-bond donors (Lipinski definition) is 1. The molecule has 8 nitrogen and oxygen atoms in total. The predicted molar refractivity (Wildman–Crippen MR) is 99.7 cm³/mol. The summed E-state index contributed by atoms with van der Waals surface area (Å²) in [7, 11) is -6.97. The second-order valence-electron chi connectivity index (χ2n) is 5.77. The summed E-state index contributed by atoms with van der Waals surface area (Å²) in [5.74, 6) is 0.238. The van der Waals surface area contributed by atoms with Gasteiger partial charge in [-0.2, -0.15) is 5.11 Å². The lowest BCUT2D eigenvalue weighted by molar-refractivity contribution is 0.601. The zero-order valence-corrected chi connectivity index (χ0v) is 15.7. The van der Waals surface area contributed by atoms with Crippen molar-refractivity contribution in [3.05, 3.63) is 48.0 Å². The maximum Gasteiger partial charge on any atom is 0.229 e. The summed E-state index contributed by atoms with van der Waals surface area (Å²) in [6, 6.07) is 11.5. The quantitative estimate of drug-likeness (QED) is 0.840. The van der Waals surface area contributed by atoms with Gasteiger partial charge in [-0.05, 0) is 29.3 Å². The second kappa shape index (κ2) is 6.61. The number of aliphatic imine (C=N–C) groups is 1. The molecule has 0 radical (unpaired) electrons. The van der Waals surface area contributed by atoms with Crippen molar-refractivity contribution in [2.75, 3.05) is 23.9 Å². The number of azo groups is 1. The van der Waals surface area contributed by atoms with Gasteiger partial charge in [0.2, 0.25) is 10.0 Å². The Morgan fingerprint density at radius 1 is 1.00 bits per heavy atom. The van der Waals surface area contributed by atoms with Gasteiger partial charge in [0.05, 0.1) is 11.2 Å². The zero-order chi connectivity index (χ0) is 18.9. The van der Waals surface area contributed by atoms with E-state index in [2.05, 4.69) is 19.9 Å². The van der Waals surface area contributed by atoms with Crippen molar-refractivity contribution in [1.29, 1.82) is 0 Å². The van der Waals surface area contributed by atoms with Crippen LogP contribution in [-0.4, -0.2) is 41.9 Å². The number of rotatable bonds is 5. The second-order valence-corrected chi connectivity index (χ2v) is 9.50. The van der Waals surface area contributed by atoms with Gasteiger partial charge in [0.15, 0.2) is 22.3 Å². The van der Waals surface area contributed by atoms with Crippen molar-refractivity contribution in [2.24, 2.45) is 15.2 Å². The first-order valence-electron chi connectivity index (χ1n) is 7.49. The minimum atomic E-state index is -3.53. The Hall–Kier alpha value is -2.59. The summed E-state index contributed by atoms with van der Waals surface area (Å²) in [4.78, 5) is 4.25. The average molecular weight is 392 g/mol. The van der Waals surface area contributed by atoms with Crippen LogP contribution < -0.4 is 4.72 Å². The van der Waals surface area contributed by atoms with Crippen molar-refractivity contribution >= 4 is 31.4 Å². The molecule has 0 bridgehead atoms. The first-order valence-corrected chi connectivity index (χ1v) is 11.3. The summed E-state index contributed by atoms with van der Waals surface area (Å²) in [6.45, 7) is 0.141. The lowest BCUT2D eigenvalue weighted by atomic mass is 9.98. The molecule has 1 N–H and O–H groups in total. The highest BCUT2D eigenvalue weighted by atomic mass is 32.2. The van der Waals surface area contributed by atoms with E-state index in [-0.39, 0.29) is 17.4 Å². The third-order valence-corrected chi connectivity index (χ3v) is 5.32. The summed E-state index contributed by atoms with van der Waals surface area (Å²) < 4.78 is 49.8. The van der Waals surface area contributed by atoms with Gasteiger partial charge < -0.3 is 0 Å². The normalized spacial score (nSPS) is 14.3. The van der Waals surface area contributed by atoms with Gasteiger partial charge >= 0.3 is 0 Å². The Labute approximate surface area is 151 Å². The SMILES string of the molecule is CS(=O)(=O)Nc1cccc(-c2cccc(S(C)(=O)=O)c2C2=NCN=N2)c1. The lowest BCUT2D eigenvalue weighted by Crippen LogP contribution is -2.10. The molecule has 10 heteroatoms. The zero-order valence-electron chi connectivity index (χ0n) is 14.0. The minimum absolute atomic E-state index is 0.0936. The van der Waals surface area contributed by atoms with E-state index in [0.717, 1.165) is 12.5 Å². The molecule has 0 aromatic heterocycles. The number of benzene rings is 2. The molecule has 1 heterocycles. The molecule has 26 heavy (non-hydrogen) atoms. The number of hydrogen-bond acceptors (Lipinski definition) is 7. The van der Waals surface area contributed by atoms with E-state index < -0.39 is 19.9 Å². The van der Waals surface area contributed by atoms with Crippen molar-refractivity contribution in [2.45, 2.75) is 4.90 Å². The molecule has 0 unspecified atom stereocenters. The van der Waals surface area contributed by atoms with Gasteiger partial charge in [-0.3, -0.25) is 4.72 Å². The van der Waals surface area contributed by atoms with Gasteiger partial charge in [0, 0.05) is 17.5 Å². The molecular formula is C16H16N4O4S2. The summed E-state index contributed by atoms with van der Waals surface area (Å²) in [5, 5.41) is 7.75. The molecule has 0 aliphatic carbocycles. The number of sulfone groups is 1. The molecule has 1 aliphatic rings. The summed E-state index contributed by atoms with van der Waals surface area (Å²) >= 11 is 0. The molecule has 2 aromatic rings. The molecule has 2 aromatic carbocycles. The van der Waals surface area contributed by atoms with Gasteiger partial charge in [-0.1, -0.05) is 24.3 Å². The van der Waals surface area contributed by atoms with Crippen LogP contribution in [0.2, 0.25) is 0 Å². The Bertz CT molecular complexity index is 1140. The maximum atomic E-state index is 12.2. The molecular weight excluding hydrogens is 376 g/mol. The predicted octanol–water partition coefficient (Wildman–Crippen LogP) is 2.30. The third kappa shape index (κ3) is 3.97. The lowest BCUT2D eigenvalue weighted by Gasteiger charge is -2.13. The Morgan fingerprint density at radius 2 is 1.73 bits per heavy atom. The molecule has 0 fully saturated rings. The molecule has 136 valence electrons. The molecule has 0 spiro atoms. The number of amidine groups is 1. The highest BCUT2D eigenvalue weighted by Crippen LogP contribution is 2.32. The molecule has 0 amide bonds. The Morgan fingerprint density at radius 3 is 2.35 bits per heavy atom. The topological polar surface area (TPSA) is 117 Å². The van der Waals surface area contributed by atoms with Crippen LogP contribution in [0.5, 0.6) is 0 Å². The van der Waals surface area contributed by atoms with Crippen LogP contribution >= 0.6 is 0 Å². The first kappa shape index (κ1) is 18.2. The monoisotopic (exact) mass is 392 g/mol. The Balaban J connectivity index is 2.23. The largest absolute Gasteiger partial charge is 0.284 e. The molecule has 0 atom stereocenters. The standard InChI is InChI=1S/C16H16N4O4S2/c1-25(21,22)14-8-4-7-13(15(14)16-17-10-18-19-16)11-5-3-6-12(9-11)20-26(2,23)24/h3-9,20H,10H2,1-2H3. The van der Waals surface area contributed by atoms with Crippen LogP contribution in [0.1, 0.15) is 5.56 Å². The van der Waals surface area contributed by atoms with Crippen LogP contribution in [0.3, 0.4) is 0 Å². The average Bonchev–Trinajstić information content (AvgIpc) is 3.06. The first-order chi connectivity index (χ1) is 12.1. The van der Waals surface area contributed by atoms with Crippen molar-refractivity contribution in [3.8, 4) is 11.1 Å². The smallest absolute Gasteiger partial charge is 0.229 e. The molecule has 3 rings (SSSR count). The van der Waals surface area contributed by atoms with E-state index in [0.29, 0.717) is 22.4 Å². The third-order valence-electron chi connectivity index (χ3n) is 3.58. The van der Waals surface area contributed by atoms with Gasteiger partial charge in [-0.25, -0.2) is 21.8 Å². The maximum absolute atomic E-state index is 12.2. The summed E-state index contributed by atoms with van der Waals surface area (Å²) in [6.07, 6.45) is 2.17. The van der Waals surface area contributed by atoms with Crippen LogP contribution in [0.15, 0.2) is 62.6 Å². The fourth-order valence-corrected chi connectivity index (χ4v) is 4.09. The minimum Gasteiger partial charge on any atom is -0.284 e. The fourth-order valence-electron chi connectivity index (χ4n) is 2.63. The van der Waals surface area contributed by atoms with Gasteiger partial charge in [-0.15, -0.1) is 5.11 Å². The molecule has 0 saturated heterocycles. The van der Waals surface area contributed by atoms with Crippen molar-refractivity contribution in [3.63, 3.8) is 0 Å². The van der Waals surface area contributed by atoms with Gasteiger partial charge in [0.25, 0.3) is 0 Å².